The number of imidazole rings is 1. The van der Waals surface area contributed by atoms with Gasteiger partial charge in [0.2, 0.25) is 0 Å². The molecule has 90 valence electrons. The molecule has 2 aromatic rings. The SMILES string of the molecule is O=c1[nH]c2ccc(F)cc2n1C1CCOCC1. The Morgan fingerprint density at radius 3 is 2.88 bits per heavy atom. The molecule has 17 heavy (non-hydrogen) atoms. The van der Waals surface area contributed by atoms with Gasteiger partial charge in [-0.05, 0) is 31.0 Å². The molecule has 0 saturated carbocycles. The van der Waals surface area contributed by atoms with Crippen LogP contribution in [0.1, 0.15) is 18.9 Å². The van der Waals surface area contributed by atoms with Crippen molar-refractivity contribution in [3.05, 3.63) is 34.5 Å². The number of aromatic amines is 1. The van der Waals surface area contributed by atoms with Gasteiger partial charge in [-0.3, -0.25) is 4.57 Å². The number of aromatic nitrogens is 2. The van der Waals surface area contributed by atoms with Crippen LogP contribution in [0.5, 0.6) is 0 Å². The van der Waals surface area contributed by atoms with E-state index in [0.717, 1.165) is 12.8 Å². The third kappa shape index (κ3) is 1.76. The van der Waals surface area contributed by atoms with Crippen LogP contribution in [0.4, 0.5) is 4.39 Å². The molecule has 1 fully saturated rings. The number of halogens is 1. The lowest BCUT2D eigenvalue weighted by atomic mass is 10.1. The number of nitrogens with zero attached hydrogens (tertiary/aromatic N) is 1. The highest BCUT2D eigenvalue weighted by atomic mass is 19.1. The van der Waals surface area contributed by atoms with Crippen molar-refractivity contribution >= 4 is 11.0 Å². The number of hydrogen-bond donors (Lipinski definition) is 1. The lowest BCUT2D eigenvalue weighted by molar-refractivity contribution is 0.0698. The van der Waals surface area contributed by atoms with E-state index < -0.39 is 0 Å². The van der Waals surface area contributed by atoms with Crippen LogP contribution in [0.25, 0.3) is 11.0 Å². The molecule has 0 amide bonds. The average Bonchev–Trinajstić information content (AvgIpc) is 2.65. The fourth-order valence-electron chi connectivity index (χ4n) is 2.40. The van der Waals surface area contributed by atoms with Crippen LogP contribution in [0.3, 0.4) is 0 Å². The normalized spacial score (nSPS) is 17.7. The van der Waals surface area contributed by atoms with Gasteiger partial charge in [0.1, 0.15) is 5.82 Å². The molecule has 3 rings (SSSR count). The molecular formula is C12H13FN2O2. The summed E-state index contributed by atoms with van der Waals surface area (Å²) in [6, 6.07) is 4.46. The highest BCUT2D eigenvalue weighted by molar-refractivity contribution is 5.75. The first-order chi connectivity index (χ1) is 8.25. The summed E-state index contributed by atoms with van der Waals surface area (Å²) in [5, 5.41) is 0. The molecule has 0 bridgehead atoms. The van der Waals surface area contributed by atoms with E-state index in [0.29, 0.717) is 24.2 Å². The van der Waals surface area contributed by atoms with E-state index in [-0.39, 0.29) is 17.5 Å². The first-order valence-corrected chi connectivity index (χ1v) is 5.73. The molecule has 0 radical (unpaired) electrons. The maximum Gasteiger partial charge on any atom is 0.326 e. The largest absolute Gasteiger partial charge is 0.381 e. The molecule has 0 aliphatic carbocycles. The first-order valence-electron chi connectivity index (χ1n) is 5.73. The fraction of sp³-hybridized carbons (Fsp3) is 0.417. The lowest BCUT2D eigenvalue weighted by Gasteiger charge is -2.23. The summed E-state index contributed by atoms with van der Waals surface area (Å²) < 4.78 is 20.2. The van der Waals surface area contributed by atoms with Crippen molar-refractivity contribution in [1.82, 2.24) is 9.55 Å². The van der Waals surface area contributed by atoms with Gasteiger partial charge in [0.05, 0.1) is 11.0 Å². The second kappa shape index (κ2) is 4.00. The van der Waals surface area contributed by atoms with Crippen LogP contribution >= 0.6 is 0 Å². The Kier molecular flexibility index (Phi) is 2.48. The van der Waals surface area contributed by atoms with Gasteiger partial charge in [-0.25, -0.2) is 9.18 Å². The maximum atomic E-state index is 13.2. The maximum absolute atomic E-state index is 13.2. The van der Waals surface area contributed by atoms with E-state index >= 15 is 0 Å². The zero-order valence-corrected chi connectivity index (χ0v) is 9.28. The van der Waals surface area contributed by atoms with Gasteiger partial charge in [-0.1, -0.05) is 0 Å². The van der Waals surface area contributed by atoms with Gasteiger partial charge in [-0.2, -0.15) is 0 Å². The van der Waals surface area contributed by atoms with Crippen LogP contribution in [-0.4, -0.2) is 22.8 Å². The van der Waals surface area contributed by atoms with E-state index in [1.54, 1.807) is 10.6 Å². The molecular weight excluding hydrogens is 223 g/mol. The molecule has 0 unspecified atom stereocenters. The van der Waals surface area contributed by atoms with E-state index in [1.165, 1.54) is 12.1 Å². The van der Waals surface area contributed by atoms with Crippen molar-refractivity contribution in [3.63, 3.8) is 0 Å². The quantitative estimate of drug-likeness (QED) is 0.821. The Labute approximate surface area is 97.0 Å². The molecule has 0 spiro atoms. The number of benzene rings is 1. The fourth-order valence-corrected chi connectivity index (χ4v) is 2.40. The molecule has 4 nitrogen and oxygen atoms in total. The Bertz CT molecular complexity index is 596. The summed E-state index contributed by atoms with van der Waals surface area (Å²) in [5.41, 5.74) is 1.15. The Hall–Kier alpha value is -1.62. The van der Waals surface area contributed by atoms with Crippen molar-refractivity contribution in [2.24, 2.45) is 0 Å². The van der Waals surface area contributed by atoms with Crippen LogP contribution < -0.4 is 5.69 Å². The molecule has 0 atom stereocenters. The monoisotopic (exact) mass is 236 g/mol. The minimum atomic E-state index is -0.322. The molecule has 1 N–H and O–H groups in total. The minimum Gasteiger partial charge on any atom is -0.381 e. The first kappa shape index (κ1) is 10.5. The molecule has 1 aliphatic rings. The molecule has 1 aliphatic heterocycles. The number of nitrogens with one attached hydrogen (secondary N) is 1. The zero-order valence-electron chi connectivity index (χ0n) is 9.28. The summed E-state index contributed by atoms with van der Waals surface area (Å²) in [5.74, 6) is -0.322. The van der Waals surface area contributed by atoms with Crippen LogP contribution in [0.2, 0.25) is 0 Å². The van der Waals surface area contributed by atoms with E-state index in [1.807, 2.05) is 0 Å². The minimum absolute atomic E-state index is 0.104. The van der Waals surface area contributed by atoms with Gasteiger partial charge in [0.25, 0.3) is 0 Å². The number of H-pyrrole nitrogens is 1. The van der Waals surface area contributed by atoms with Crippen molar-refractivity contribution in [3.8, 4) is 0 Å². The third-order valence-electron chi connectivity index (χ3n) is 3.24. The Morgan fingerprint density at radius 2 is 2.12 bits per heavy atom. The smallest absolute Gasteiger partial charge is 0.326 e. The standard InChI is InChI=1S/C12H13FN2O2/c13-8-1-2-10-11(7-8)15(12(16)14-10)9-3-5-17-6-4-9/h1-2,7,9H,3-6H2,(H,14,16). The average molecular weight is 236 g/mol. The van der Waals surface area contributed by atoms with Gasteiger partial charge in [0.15, 0.2) is 0 Å². The van der Waals surface area contributed by atoms with E-state index in [4.69, 9.17) is 4.74 Å². The second-order valence-electron chi connectivity index (χ2n) is 4.31. The Balaban J connectivity index is 2.16. The molecule has 2 heterocycles. The molecule has 1 aromatic heterocycles. The highest BCUT2D eigenvalue weighted by Gasteiger charge is 2.20. The predicted octanol–water partition coefficient (Wildman–Crippen LogP) is 1.82. The second-order valence-corrected chi connectivity index (χ2v) is 4.31. The highest BCUT2D eigenvalue weighted by Crippen LogP contribution is 2.23. The molecule has 1 saturated heterocycles. The summed E-state index contributed by atoms with van der Waals surface area (Å²) in [6.45, 7) is 1.30. The van der Waals surface area contributed by atoms with Crippen molar-refractivity contribution in [2.45, 2.75) is 18.9 Å². The van der Waals surface area contributed by atoms with E-state index in [2.05, 4.69) is 4.98 Å². The molecule has 1 aromatic carbocycles. The van der Waals surface area contributed by atoms with Crippen LogP contribution in [0, 0.1) is 5.82 Å². The molecule has 5 heteroatoms. The zero-order chi connectivity index (χ0) is 11.8. The summed E-state index contributed by atoms with van der Waals surface area (Å²) in [7, 11) is 0. The summed E-state index contributed by atoms with van der Waals surface area (Å²) in [6.07, 6.45) is 1.59. The van der Waals surface area contributed by atoms with Crippen molar-refractivity contribution < 1.29 is 9.13 Å². The number of ether oxygens (including phenoxy) is 1. The van der Waals surface area contributed by atoms with Crippen molar-refractivity contribution in [2.75, 3.05) is 13.2 Å². The lowest BCUT2D eigenvalue weighted by Crippen LogP contribution is -2.27. The number of fused-ring (bicyclic) bond motifs is 1. The summed E-state index contributed by atoms with van der Waals surface area (Å²) in [4.78, 5) is 14.6. The van der Waals surface area contributed by atoms with Crippen LogP contribution in [-0.2, 0) is 4.74 Å². The van der Waals surface area contributed by atoms with Gasteiger partial charge in [-0.15, -0.1) is 0 Å². The van der Waals surface area contributed by atoms with Gasteiger partial charge < -0.3 is 9.72 Å². The Morgan fingerprint density at radius 1 is 1.35 bits per heavy atom. The van der Waals surface area contributed by atoms with E-state index in [9.17, 15) is 9.18 Å². The van der Waals surface area contributed by atoms with Crippen molar-refractivity contribution in [1.29, 1.82) is 0 Å². The number of hydrogen-bond acceptors (Lipinski definition) is 2. The predicted molar refractivity (Wildman–Crippen MR) is 61.6 cm³/mol. The topological polar surface area (TPSA) is 47.0 Å². The number of rotatable bonds is 1. The van der Waals surface area contributed by atoms with Gasteiger partial charge >= 0.3 is 5.69 Å². The third-order valence-corrected chi connectivity index (χ3v) is 3.24. The van der Waals surface area contributed by atoms with Crippen LogP contribution in [0.15, 0.2) is 23.0 Å². The summed E-state index contributed by atoms with van der Waals surface area (Å²) >= 11 is 0. The van der Waals surface area contributed by atoms with Gasteiger partial charge in [0, 0.05) is 19.3 Å².